The number of nitrogens with zero attached hydrogens (tertiary/aromatic N) is 1. The first-order chi connectivity index (χ1) is 8.47. The van der Waals surface area contributed by atoms with Crippen LogP contribution in [0.25, 0.3) is 0 Å². The van der Waals surface area contributed by atoms with E-state index in [0.29, 0.717) is 18.1 Å². The van der Waals surface area contributed by atoms with E-state index >= 15 is 0 Å². The molecule has 0 saturated heterocycles. The van der Waals surface area contributed by atoms with Crippen molar-refractivity contribution in [2.45, 2.75) is 13.8 Å². The Morgan fingerprint density at radius 2 is 2.28 bits per heavy atom. The Balaban J connectivity index is 3.00. The smallest absolute Gasteiger partial charge is 0.308 e. The summed E-state index contributed by atoms with van der Waals surface area (Å²) in [6.45, 7) is 8.36. The summed E-state index contributed by atoms with van der Waals surface area (Å²) in [5.74, 6) is -1.24. The van der Waals surface area contributed by atoms with Gasteiger partial charge in [-0.05, 0) is 24.6 Å². The normalized spacial score (nSPS) is 11.9. The highest BCUT2D eigenvalue weighted by Crippen LogP contribution is 2.27. The minimum atomic E-state index is -0.802. The monoisotopic (exact) mass is 267 g/mol. The quantitative estimate of drug-likeness (QED) is 0.804. The molecule has 0 heterocycles. The van der Waals surface area contributed by atoms with E-state index < -0.39 is 11.9 Å². The number of carboxylic acids is 1. The summed E-state index contributed by atoms with van der Waals surface area (Å²) >= 11 is 6.09. The summed E-state index contributed by atoms with van der Waals surface area (Å²) in [6, 6.07) is 5.64. The Bertz CT molecular complexity index is 445. The van der Waals surface area contributed by atoms with Gasteiger partial charge in [0.05, 0.1) is 5.92 Å². The predicted octanol–water partition coefficient (Wildman–Crippen LogP) is 3.36. The Kier molecular flexibility index (Phi) is 5.23. The van der Waals surface area contributed by atoms with Crippen molar-refractivity contribution < 1.29 is 9.90 Å². The van der Waals surface area contributed by atoms with Gasteiger partial charge in [-0.2, -0.15) is 0 Å². The van der Waals surface area contributed by atoms with Crippen molar-refractivity contribution in [3.8, 4) is 0 Å². The third kappa shape index (κ3) is 3.50. The van der Waals surface area contributed by atoms with Gasteiger partial charge in [0.2, 0.25) is 0 Å². The standard InChI is InChI=1S/C14H18ClNO2/c1-4-8-16(9-10(2)14(17)18)13-7-5-6-12(15)11(13)3/h4-7,10H,1,8-9H2,2-3H3,(H,17,18). The molecule has 0 spiro atoms. The Morgan fingerprint density at radius 3 is 2.83 bits per heavy atom. The maximum atomic E-state index is 10.9. The largest absolute Gasteiger partial charge is 0.481 e. The summed E-state index contributed by atoms with van der Waals surface area (Å²) in [4.78, 5) is 12.9. The van der Waals surface area contributed by atoms with Crippen LogP contribution in [-0.4, -0.2) is 24.2 Å². The van der Waals surface area contributed by atoms with Crippen molar-refractivity contribution in [3.05, 3.63) is 41.4 Å². The van der Waals surface area contributed by atoms with Crippen molar-refractivity contribution in [1.82, 2.24) is 0 Å². The number of rotatable bonds is 6. The van der Waals surface area contributed by atoms with Crippen molar-refractivity contribution in [2.75, 3.05) is 18.0 Å². The fourth-order valence-electron chi connectivity index (χ4n) is 1.77. The lowest BCUT2D eigenvalue weighted by molar-refractivity contribution is -0.140. The lowest BCUT2D eigenvalue weighted by Crippen LogP contribution is -2.32. The fourth-order valence-corrected chi connectivity index (χ4v) is 1.94. The molecule has 1 N–H and O–H groups in total. The minimum Gasteiger partial charge on any atom is -0.481 e. The second-order valence-electron chi connectivity index (χ2n) is 4.32. The molecule has 1 unspecified atom stereocenters. The van der Waals surface area contributed by atoms with Gasteiger partial charge in [0.1, 0.15) is 0 Å². The van der Waals surface area contributed by atoms with Crippen LogP contribution in [0.15, 0.2) is 30.9 Å². The van der Waals surface area contributed by atoms with E-state index in [1.807, 2.05) is 30.0 Å². The number of anilines is 1. The molecule has 0 bridgehead atoms. The summed E-state index contributed by atoms with van der Waals surface area (Å²) in [5.41, 5.74) is 1.91. The molecule has 3 nitrogen and oxygen atoms in total. The third-order valence-electron chi connectivity index (χ3n) is 2.85. The average Bonchev–Trinajstić information content (AvgIpc) is 2.32. The Hall–Kier alpha value is -1.48. The first kappa shape index (κ1) is 14.6. The van der Waals surface area contributed by atoms with Crippen LogP contribution >= 0.6 is 11.6 Å². The highest BCUT2D eigenvalue weighted by Gasteiger charge is 2.17. The van der Waals surface area contributed by atoms with Gasteiger partial charge in [-0.3, -0.25) is 4.79 Å². The van der Waals surface area contributed by atoms with Crippen molar-refractivity contribution in [1.29, 1.82) is 0 Å². The lowest BCUT2D eigenvalue weighted by atomic mass is 10.1. The second-order valence-corrected chi connectivity index (χ2v) is 4.72. The lowest BCUT2D eigenvalue weighted by Gasteiger charge is -2.27. The number of hydrogen-bond acceptors (Lipinski definition) is 2. The zero-order valence-electron chi connectivity index (χ0n) is 10.7. The van der Waals surface area contributed by atoms with Crippen LogP contribution in [0.1, 0.15) is 12.5 Å². The second kappa shape index (κ2) is 6.45. The maximum Gasteiger partial charge on any atom is 0.308 e. The van der Waals surface area contributed by atoms with Gasteiger partial charge in [0.15, 0.2) is 0 Å². The topological polar surface area (TPSA) is 40.5 Å². The van der Waals surface area contributed by atoms with E-state index in [1.54, 1.807) is 13.0 Å². The molecular formula is C14H18ClNO2. The van der Waals surface area contributed by atoms with Crippen molar-refractivity contribution in [3.63, 3.8) is 0 Å². The van der Waals surface area contributed by atoms with Crippen LogP contribution in [0.2, 0.25) is 5.02 Å². The van der Waals surface area contributed by atoms with Crippen LogP contribution in [0.5, 0.6) is 0 Å². The summed E-state index contributed by atoms with van der Waals surface area (Å²) in [5, 5.41) is 9.68. The number of halogens is 1. The van der Waals surface area contributed by atoms with E-state index in [4.69, 9.17) is 16.7 Å². The van der Waals surface area contributed by atoms with Crippen LogP contribution in [-0.2, 0) is 4.79 Å². The molecule has 4 heteroatoms. The molecule has 1 atom stereocenters. The first-order valence-electron chi connectivity index (χ1n) is 5.81. The zero-order chi connectivity index (χ0) is 13.7. The van der Waals surface area contributed by atoms with E-state index in [2.05, 4.69) is 6.58 Å². The highest BCUT2D eigenvalue weighted by molar-refractivity contribution is 6.31. The van der Waals surface area contributed by atoms with E-state index in [-0.39, 0.29) is 0 Å². The minimum absolute atomic E-state index is 0.433. The fraction of sp³-hybridized carbons (Fsp3) is 0.357. The van der Waals surface area contributed by atoms with Gasteiger partial charge in [0, 0.05) is 23.8 Å². The number of carbonyl (C=O) groups is 1. The summed E-state index contributed by atoms with van der Waals surface area (Å²) in [6.07, 6.45) is 1.76. The number of hydrogen-bond donors (Lipinski definition) is 1. The third-order valence-corrected chi connectivity index (χ3v) is 3.25. The maximum absolute atomic E-state index is 10.9. The van der Waals surface area contributed by atoms with Crippen LogP contribution in [0.3, 0.4) is 0 Å². The zero-order valence-corrected chi connectivity index (χ0v) is 11.4. The van der Waals surface area contributed by atoms with E-state index in [0.717, 1.165) is 11.3 Å². The SMILES string of the molecule is C=CCN(CC(C)C(=O)O)c1cccc(Cl)c1C. The number of aliphatic carboxylic acids is 1. The van der Waals surface area contributed by atoms with E-state index in [9.17, 15) is 4.79 Å². The summed E-state index contributed by atoms with van der Waals surface area (Å²) < 4.78 is 0. The Labute approximate surface area is 113 Å². The van der Waals surface area contributed by atoms with Crippen LogP contribution in [0, 0.1) is 12.8 Å². The van der Waals surface area contributed by atoms with Crippen molar-refractivity contribution >= 4 is 23.3 Å². The average molecular weight is 268 g/mol. The van der Waals surface area contributed by atoms with Gasteiger partial charge < -0.3 is 10.0 Å². The van der Waals surface area contributed by atoms with Gasteiger partial charge >= 0.3 is 5.97 Å². The molecule has 0 saturated carbocycles. The molecule has 1 aromatic carbocycles. The molecule has 0 aromatic heterocycles. The molecule has 98 valence electrons. The molecular weight excluding hydrogens is 250 g/mol. The molecule has 18 heavy (non-hydrogen) atoms. The van der Waals surface area contributed by atoms with Gasteiger partial charge in [-0.25, -0.2) is 0 Å². The molecule has 0 aliphatic heterocycles. The number of carboxylic acid groups (broad SMARTS) is 1. The van der Waals surface area contributed by atoms with Gasteiger partial charge in [-0.15, -0.1) is 6.58 Å². The van der Waals surface area contributed by atoms with Gasteiger partial charge in [0.25, 0.3) is 0 Å². The Morgan fingerprint density at radius 1 is 1.61 bits per heavy atom. The molecule has 0 fully saturated rings. The predicted molar refractivity (Wildman–Crippen MR) is 75.4 cm³/mol. The van der Waals surface area contributed by atoms with Crippen LogP contribution in [0.4, 0.5) is 5.69 Å². The molecule has 1 aromatic rings. The van der Waals surface area contributed by atoms with Crippen molar-refractivity contribution in [2.24, 2.45) is 5.92 Å². The molecule has 1 rings (SSSR count). The molecule has 0 aliphatic carbocycles. The highest BCUT2D eigenvalue weighted by atomic mass is 35.5. The van der Waals surface area contributed by atoms with Gasteiger partial charge in [-0.1, -0.05) is 30.7 Å². The molecule has 0 amide bonds. The van der Waals surface area contributed by atoms with E-state index in [1.165, 1.54) is 0 Å². The summed E-state index contributed by atoms with van der Waals surface area (Å²) in [7, 11) is 0. The molecule has 0 radical (unpaired) electrons. The number of benzene rings is 1. The van der Waals surface area contributed by atoms with Crippen LogP contribution < -0.4 is 4.90 Å². The first-order valence-corrected chi connectivity index (χ1v) is 6.19. The molecule has 0 aliphatic rings.